The van der Waals surface area contributed by atoms with Crippen LogP contribution in [0, 0.1) is 6.92 Å². The first-order valence-electron chi connectivity index (χ1n) is 9.04. The number of amides is 1. The van der Waals surface area contributed by atoms with Gasteiger partial charge in [0.2, 0.25) is 5.89 Å². The Labute approximate surface area is 182 Å². The van der Waals surface area contributed by atoms with E-state index >= 15 is 0 Å². The van der Waals surface area contributed by atoms with Gasteiger partial charge < -0.3 is 19.6 Å². The highest BCUT2D eigenvalue weighted by atomic mass is 32.2. The SMILES string of the molecule is Cc1oc(-c2ccccc2)nc1C(O)COc1ccc(C=C2SC(=S)NC2=O)nc1. The average molecular weight is 440 g/mol. The van der Waals surface area contributed by atoms with Gasteiger partial charge in [0.25, 0.3) is 5.91 Å². The van der Waals surface area contributed by atoms with E-state index in [1.165, 1.54) is 18.0 Å². The van der Waals surface area contributed by atoms with Crippen LogP contribution in [0.3, 0.4) is 0 Å². The second-order valence-corrected chi connectivity index (χ2v) is 8.14. The maximum absolute atomic E-state index is 11.7. The predicted octanol–water partition coefficient (Wildman–Crippen LogP) is 3.65. The molecule has 7 nitrogen and oxygen atoms in total. The number of oxazole rings is 1. The highest BCUT2D eigenvalue weighted by Gasteiger charge is 2.22. The van der Waals surface area contributed by atoms with Gasteiger partial charge in [0.15, 0.2) is 0 Å². The third-order valence-corrected chi connectivity index (χ3v) is 5.42. The average Bonchev–Trinajstić information content (AvgIpc) is 3.29. The summed E-state index contributed by atoms with van der Waals surface area (Å²) in [6, 6.07) is 12.9. The molecule has 1 aliphatic heterocycles. The number of carbonyl (C=O) groups is 1. The number of carbonyl (C=O) groups excluding carboxylic acids is 1. The van der Waals surface area contributed by atoms with Crippen LogP contribution in [0.2, 0.25) is 0 Å². The number of thiocarbonyl (C=S) groups is 1. The lowest BCUT2D eigenvalue weighted by Crippen LogP contribution is -2.17. The molecule has 1 saturated heterocycles. The van der Waals surface area contributed by atoms with Crippen molar-refractivity contribution in [2.45, 2.75) is 13.0 Å². The molecule has 3 heterocycles. The normalized spacial score (nSPS) is 16.0. The minimum absolute atomic E-state index is 0.00372. The molecule has 0 saturated carbocycles. The molecule has 3 aromatic rings. The number of aryl methyl sites for hydroxylation is 1. The molecule has 2 aromatic heterocycles. The van der Waals surface area contributed by atoms with E-state index in [2.05, 4.69) is 15.3 Å². The smallest absolute Gasteiger partial charge is 0.263 e. The lowest BCUT2D eigenvalue weighted by molar-refractivity contribution is -0.115. The van der Waals surface area contributed by atoms with Gasteiger partial charge in [0.05, 0.1) is 16.8 Å². The number of nitrogens with one attached hydrogen (secondary N) is 1. The van der Waals surface area contributed by atoms with Crippen LogP contribution in [0.1, 0.15) is 23.3 Å². The molecule has 0 bridgehead atoms. The van der Waals surface area contributed by atoms with Gasteiger partial charge in [0.1, 0.15) is 34.2 Å². The molecule has 1 unspecified atom stereocenters. The van der Waals surface area contributed by atoms with Gasteiger partial charge in [-0.15, -0.1) is 0 Å². The largest absolute Gasteiger partial charge is 0.489 e. The van der Waals surface area contributed by atoms with Crippen molar-refractivity contribution in [1.82, 2.24) is 15.3 Å². The number of aliphatic hydroxyl groups is 1. The Morgan fingerprint density at radius 1 is 1.30 bits per heavy atom. The van der Waals surface area contributed by atoms with E-state index in [4.69, 9.17) is 21.4 Å². The van der Waals surface area contributed by atoms with Crippen LogP contribution in [0.5, 0.6) is 5.75 Å². The Balaban J connectivity index is 1.39. The van der Waals surface area contributed by atoms with Crippen LogP contribution in [0.4, 0.5) is 0 Å². The summed E-state index contributed by atoms with van der Waals surface area (Å²) in [6.07, 6.45) is 2.23. The zero-order valence-electron chi connectivity index (χ0n) is 15.9. The molecule has 1 amide bonds. The minimum atomic E-state index is -0.951. The van der Waals surface area contributed by atoms with Gasteiger partial charge in [-0.2, -0.15) is 0 Å². The van der Waals surface area contributed by atoms with E-state index in [0.29, 0.717) is 38.0 Å². The second-order valence-electron chi connectivity index (χ2n) is 6.42. The molecule has 152 valence electrons. The first-order valence-corrected chi connectivity index (χ1v) is 10.3. The van der Waals surface area contributed by atoms with Crippen molar-refractivity contribution in [1.29, 1.82) is 0 Å². The van der Waals surface area contributed by atoms with Gasteiger partial charge in [-0.05, 0) is 37.3 Å². The highest BCUT2D eigenvalue weighted by molar-refractivity contribution is 8.26. The first-order chi connectivity index (χ1) is 14.5. The Morgan fingerprint density at radius 2 is 2.10 bits per heavy atom. The van der Waals surface area contributed by atoms with Crippen LogP contribution in [-0.4, -0.2) is 31.9 Å². The third-order valence-electron chi connectivity index (χ3n) is 4.26. The molecule has 1 fully saturated rings. The minimum Gasteiger partial charge on any atom is -0.489 e. The topological polar surface area (TPSA) is 97.5 Å². The van der Waals surface area contributed by atoms with Crippen LogP contribution in [-0.2, 0) is 4.79 Å². The van der Waals surface area contributed by atoms with Crippen LogP contribution in [0.25, 0.3) is 17.5 Å². The molecular formula is C21H17N3O4S2. The number of rotatable bonds is 6. The van der Waals surface area contributed by atoms with E-state index in [-0.39, 0.29) is 12.5 Å². The van der Waals surface area contributed by atoms with Crippen molar-refractivity contribution < 1.29 is 19.1 Å². The molecule has 1 aliphatic rings. The highest BCUT2D eigenvalue weighted by Crippen LogP contribution is 2.27. The zero-order valence-corrected chi connectivity index (χ0v) is 17.5. The van der Waals surface area contributed by atoms with E-state index in [1.54, 1.807) is 25.1 Å². The number of aliphatic hydroxyl groups excluding tert-OH is 1. The Kier molecular flexibility index (Phi) is 5.93. The molecule has 1 aromatic carbocycles. The van der Waals surface area contributed by atoms with Crippen molar-refractivity contribution in [3.8, 4) is 17.2 Å². The Hall–Kier alpha value is -3.01. The lowest BCUT2D eigenvalue weighted by Gasteiger charge is -2.10. The summed E-state index contributed by atoms with van der Waals surface area (Å²) in [5, 5.41) is 13.0. The molecular weight excluding hydrogens is 422 g/mol. The maximum Gasteiger partial charge on any atom is 0.263 e. The molecule has 30 heavy (non-hydrogen) atoms. The van der Waals surface area contributed by atoms with Crippen molar-refractivity contribution >= 4 is 40.3 Å². The molecule has 9 heteroatoms. The molecule has 4 rings (SSSR count). The molecule has 0 radical (unpaired) electrons. The third kappa shape index (κ3) is 4.59. The summed E-state index contributed by atoms with van der Waals surface area (Å²) >= 11 is 6.16. The monoisotopic (exact) mass is 439 g/mol. The van der Waals surface area contributed by atoms with Crippen LogP contribution >= 0.6 is 24.0 Å². The number of hydrogen-bond acceptors (Lipinski definition) is 8. The second kappa shape index (κ2) is 8.78. The predicted molar refractivity (Wildman–Crippen MR) is 118 cm³/mol. The van der Waals surface area contributed by atoms with Crippen LogP contribution in [0.15, 0.2) is 58.0 Å². The quantitative estimate of drug-likeness (QED) is 0.444. The van der Waals surface area contributed by atoms with Gasteiger partial charge in [-0.25, -0.2) is 4.98 Å². The standard InChI is InChI=1S/C21H17N3O4S2/c1-12-18(23-20(28-12)13-5-3-2-4-6-13)16(25)11-27-15-8-7-14(22-10-15)9-17-19(26)24-21(29)30-17/h2-10,16,25H,11H2,1H3,(H,24,26,29). The van der Waals surface area contributed by atoms with Crippen molar-refractivity contribution in [3.63, 3.8) is 0 Å². The number of ether oxygens (including phenoxy) is 1. The molecule has 1 atom stereocenters. The Bertz CT molecular complexity index is 1110. The fourth-order valence-corrected chi connectivity index (χ4v) is 3.82. The summed E-state index contributed by atoms with van der Waals surface area (Å²) in [4.78, 5) is 20.9. The fraction of sp³-hybridized carbons (Fsp3) is 0.143. The summed E-state index contributed by atoms with van der Waals surface area (Å²) in [5.74, 6) is 1.25. The van der Waals surface area contributed by atoms with E-state index in [9.17, 15) is 9.90 Å². The number of aromatic nitrogens is 2. The number of nitrogens with zero attached hydrogens (tertiary/aromatic N) is 2. The summed E-state index contributed by atoms with van der Waals surface area (Å²) < 4.78 is 11.7. The van der Waals surface area contributed by atoms with E-state index in [1.807, 2.05) is 30.3 Å². The molecule has 0 spiro atoms. The van der Waals surface area contributed by atoms with Crippen molar-refractivity contribution in [2.24, 2.45) is 0 Å². The van der Waals surface area contributed by atoms with Crippen LogP contribution < -0.4 is 10.1 Å². The number of pyridine rings is 1. The van der Waals surface area contributed by atoms with E-state index in [0.717, 1.165) is 5.56 Å². The zero-order chi connectivity index (χ0) is 21.1. The van der Waals surface area contributed by atoms with Gasteiger partial charge in [0, 0.05) is 5.56 Å². The van der Waals surface area contributed by atoms with Gasteiger partial charge in [-0.3, -0.25) is 9.78 Å². The Morgan fingerprint density at radius 3 is 2.77 bits per heavy atom. The van der Waals surface area contributed by atoms with Gasteiger partial charge in [-0.1, -0.05) is 42.2 Å². The van der Waals surface area contributed by atoms with Gasteiger partial charge >= 0.3 is 0 Å². The fourth-order valence-electron chi connectivity index (χ4n) is 2.79. The number of benzene rings is 1. The first kappa shape index (κ1) is 20.3. The number of thioether (sulfide) groups is 1. The van der Waals surface area contributed by atoms with Crippen molar-refractivity contribution in [2.75, 3.05) is 6.61 Å². The molecule has 2 N–H and O–H groups in total. The molecule has 0 aliphatic carbocycles. The summed E-state index contributed by atoms with van der Waals surface area (Å²) in [7, 11) is 0. The number of hydrogen-bond donors (Lipinski definition) is 2. The maximum atomic E-state index is 11.7. The summed E-state index contributed by atoms with van der Waals surface area (Å²) in [6.45, 7) is 1.75. The summed E-state index contributed by atoms with van der Waals surface area (Å²) in [5.41, 5.74) is 1.87. The lowest BCUT2D eigenvalue weighted by atomic mass is 10.2. The van der Waals surface area contributed by atoms with E-state index < -0.39 is 6.10 Å². The van der Waals surface area contributed by atoms with Crippen molar-refractivity contribution in [3.05, 3.63) is 70.7 Å².